The van der Waals surface area contributed by atoms with Gasteiger partial charge in [-0.15, -0.1) is 11.3 Å². The van der Waals surface area contributed by atoms with Crippen molar-refractivity contribution >= 4 is 27.8 Å². The molecule has 0 saturated carbocycles. The SMILES string of the molecule is CCc1nc(Nc2ccc(C#N)c([N+](=O)[O-])c2)sc1C. The second-order valence-electron chi connectivity index (χ2n) is 4.10. The molecule has 0 saturated heterocycles. The summed E-state index contributed by atoms with van der Waals surface area (Å²) in [6, 6.07) is 6.22. The molecule has 0 spiro atoms. The van der Waals surface area contributed by atoms with E-state index in [-0.39, 0.29) is 11.3 Å². The number of aromatic nitrogens is 1. The molecule has 7 heteroatoms. The summed E-state index contributed by atoms with van der Waals surface area (Å²) in [6.07, 6.45) is 0.845. The summed E-state index contributed by atoms with van der Waals surface area (Å²) in [5.74, 6) is 0. The van der Waals surface area contributed by atoms with E-state index < -0.39 is 4.92 Å². The standard InChI is InChI=1S/C13H12N4O2S/c1-3-11-8(2)20-13(16-11)15-10-5-4-9(7-14)12(6-10)17(18)19/h4-6H,3H2,1-2H3,(H,15,16). The first kappa shape index (κ1) is 14.0. The van der Waals surface area contributed by atoms with E-state index in [1.165, 1.54) is 23.5 Å². The number of hydrogen-bond donors (Lipinski definition) is 1. The maximum atomic E-state index is 10.9. The molecule has 0 aliphatic rings. The zero-order valence-electron chi connectivity index (χ0n) is 11.0. The number of nitrogens with one attached hydrogen (secondary N) is 1. The van der Waals surface area contributed by atoms with Gasteiger partial charge < -0.3 is 5.32 Å². The van der Waals surface area contributed by atoms with Crippen molar-refractivity contribution in [3.8, 4) is 6.07 Å². The molecule has 1 aromatic carbocycles. The summed E-state index contributed by atoms with van der Waals surface area (Å²) in [7, 11) is 0. The number of nitro benzene ring substituents is 1. The molecule has 0 amide bonds. The van der Waals surface area contributed by atoms with Crippen molar-refractivity contribution < 1.29 is 4.92 Å². The minimum atomic E-state index is -0.561. The Labute approximate surface area is 119 Å². The summed E-state index contributed by atoms with van der Waals surface area (Å²) in [4.78, 5) is 15.9. The molecule has 0 aliphatic heterocycles. The van der Waals surface area contributed by atoms with Gasteiger partial charge in [0.15, 0.2) is 5.13 Å². The molecule has 0 aliphatic carbocycles. The average molecular weight is 288 g/mol. The maximum Gasteiger partial charge on any atom is 0.289 e. The highest BCUT2D eigenvalue weighted by Gasteiger charge is 2.15. The van der Waals surface area contributed by atoms with Crippen molar-refractivity contribution in [1.29, 1.82) is 5.26 Å². The first-order chi connectivity index (χ1) is 9.55. The van der Waals surface area contributed by atoms with Crippen LogP contribution in [0, 0.1) is 28.4 Å². The Balaban J connectivity index is 2.32. The highest BCUT2D eigenvalue weighted by Crippen LogP contribution is 2.28. The Morgan fingerprint density at radius 1 is 1.55 bits per heavy atom. The first-order valence-corrected chi connectivity index (χ1v) is 6.78. The lowest BCUT2D eigenvalue weighted by Gasteiger charge is -2.03. The highest BCUT2D eigenvalue weighted by molar-refractivity contribution is 7.15. The molecule has 0 bridgehead atoms. The topological polar surface area (TPSA) is 91.8 Å². The van der Waals surface area contributed by atoms with Crippen LogP contribution in [0.3, 0.4) is 0 Å². The molecule has 0 radical (unpaired) electrons. The fraction of sp³-hybridized carbons (Fsp3) is 0.231. The highest BCUT2D eigenvalue weighted by atomic mass is 32.1. The zero-order valence-corrected chi connectivity index (χ0v) is 11.8. The van der Waals surface area contributed by atoms with Crippen molar-refractivity contribution in [2.24, 2.45) is 0 Å². The largest absolute Gasteiger partial charge is 0.331 e. The second-order valence-corrected chi connectivity index (χ2v) is 5.30. The Morgan fingerprint density at radius 2 is 2.30 bits per heavy atom. The third kappa shape index (κ3) is 2.75. The van der Waals surface area contributed by atoms with Crippen LogP contribution in [0.1, 0.15) is 23.1 Å². The van der Waals surface area contributed by atoms with Gasteiger partial charge in [-0.05, 0) is 25.5 Å². The Hall–Kier alpha value is -2.46. The number of nitrogens with zero attached hydrogens (tertiary/aromatic N) is 3. The number of nitro groups is 1. The van der Waals surface area contributed by atoms with Gasteiger partial charge in [-0.1, -0.05) is 6.92 Å². The van der Waals surface area contributed by atoms with Crippen molar-refractivity contribution in [1.82, 2.24) is 4.98 Å². The van der Waals surface area contributed by atoms with Gasteiger partial charge in [-0.3, -0.25) is 10.1 Å². The van der Waals surface area contributed by atoms with E-state index in [0.29, 0.717) is 10.8 Å². The van der Waals surface area contributed by atoms with Crippen molar-refractivity contribution in [3.05, 3.63) is 44.4 Å². The molecule has 2 aromatic rings. The van der Waals surface area contributed by atoms with Gasteiger partial charge >= 0.3 is 0 Å². The Bertz CT molecular complexity index is 703. The van der Waals surface area contributed by atoms with Crippen molar-refractivity contribution in [3.63, 3.8) is 0 Å². The van der Waals surface area contributed by atoms with E-state index in [4.69, 9.17) is 5.26 Å². The summed E-state index contributed by atoms with van der Waals surface area (Å²) >= 11 is 1.50. The molecule has 1 N–H and O–H groups in total. The van der Waals surface area contributed by atoms with Crippen LogP contribution in [0.4, 0.5) is 16.5 Å². The molecule has 102 valence electrons. The van der Waals surface area contributed by atoms with E-state index in [2.05, 4.69) is 10.3 Å². The number of hydrogen-bond acceptors (Lipinski definition) is 6. The lowest BCUT2D eigenvalue weighted by molar-refractivity contribution is -0.385. The van der Waals surface area contributed by atoms with E-state index in [9.17, 15) is 10.1 Å². The second kappa shape index (κ2) is 5.67. The van der Waals surface area contributed by atoms with Gasteiger partial charge in [0.05, 0.1) is 10.6 Å². The smallest absolute Gasteiger partial charge is 0.289 e. The van der Waals surface area contributed by atoms with Gasteiger partial charge in [-0.25, -0.2) is 4.98 Å². The fourth-order valence-corrected chi connectivity index (χ4v) is 2.71. The van der Waals surface area contributed by atoms with E-state index in [0.717, 1.165) is 17.0 Å². The van der Waals surface area contributed by atoms with Crippen LogP contribution < -0.4 is 5.32 Å². The molecule has 1 aromatic heterocycles. The number of thiazole rings is 1. The molecular weight excluding hydrogens is 276 g/mol. The van der Waals surface area contributed by atoms with Crippen LogP contribution in [-0.2, 0) is 6.42 Å². The number of anilines is 2. The van der Waals surface area contributed by atoms with Gasteiger partial charge in [0.2, 0.25) is 0 Å². The first-order valence-electron chi connectivity index (χ1n) is 5.97. The number of benzene rings is 1. The zero-order chi connectivity index (χ0) is 14.7. The van der Waals surface area contributed by atoms with Crippen molar-refractivity contribution in [2.75, 3.05) is 5.32 Å². The predicted octanol–water partition coefficient (Wildman–Crippen LogP) is 3.54. The molecule has 0 fully saturated rings. The van der Waals surface area contributed by atoms with Gasteiger partial charge in [-0.2, -0.15) is 5.26 Å². The number of rotatable bonds is 4. The normalized spacial score (nSPS) is 10.1. The fourth-order valence-electron chi connectivity index (χ4n) is 1.79. The molecule has 1 heterocycles. The lowest BCUT2D eigenvalue weighted by Crippen LogP contribution is -1.96. The average Bonchev–Trinajstić information content (AvgIpc) is 2.78. The van der Waals surface area contributed by atoms with Crippen LogP contribution in [0.2, 0.25) is 0 Å². The molecule has 6 nitrogen and oxygen atoms in total. The lowest BCUT2D eigenvalue weighted by atomic mass is 10.2. The van der Waals surface area contributed by atoms with Crippen LogP contribution in [0.25, 0.3) is 0 Å². The molecule has 20 heavy (non-hydrogen) atoms. The molecule has 0 unspecified atom stereocenters. The quantitative estimate of drug-likeness (QED) is 0.686. The van der Waals surface area contributed by atoms with Crippen LogP contribution in [0.5, 0.6) is 0 Å². The van der Waals surface area contributed by atoms with E-state index in [1.54, 1.807) is 6.07 Å². The molecule has 2 rings (SSSR count). The summed E-state index contributed by atoms with van der Waals surface area (Å²) in [5, 5.41) is 23.5. The van der Waals surface area contributed by atoms with E-state index >= 15 is 0 Å². The Morgan fingerprint density at radius 3 is 2.85 bits per heavy atom. The maximum absolute atomic E-state index is 10.9. The van der Waals surface area contributed by atoms with Crippen LogP contribution in [-0.4, -0.2) is 9.91 Å². The summed E-state index contributed by atoms with van der Waals surface area (Å²) in [6.45, 7) is 4.02. The third-order valence-electron chi connectivity index (χ3n) is 2.79. The van der Waals surface area contributed by atoms with Crippen molar-refractivity contribution in [2.45, 2.75) is 20.3 Å². The minimum absolute atomic E-state index is 0.0464. The van der Waals surface area contributed by atoms with Crippen LogP contribution >= 0.6 is 11.3 Å². The van der Waals surface area contributed by atoms with Gasteiger partial charge in [0, 0.05) is 16.6 Å². The predicted molar refractivity (Wildman–Crippen MR) is 77.3 cm³/mol. The van der Waals surface area contributed by atoms with Gasteiger partial charge in [0.25, 0.3) is 5.69 Å². The van der Waals surface area contributed by atoms with Gasteiger partial charge in [0.1, 0.15) is 11.6 Å². The van der Waals surface area contributed by atoms with Crippen LogP contribution in [0.15, 0.2) is 18.2 Å². The Kier molecular flexibility index (Phi) is 3.96. The molecular formula is C13H12N4O2S. The summed E-state index contributed by atoms with van der Waals surface area (Å²) < 4.78 is 0. The minimum Gasteiger partial charge on any atom is -0.331 e. The monoisotopic (exact) mass is 288 g/mol. The van der Waals surface area contributed by atoms with E-state index in [1.807, 2.05) is 19.9 Å². The third-order valence-corrected chi connectivity index (χ3v) is 3.72. The molecule has 0 atom stereocenters. The number of nitriles is 1. The summed E-state index contributed by atoms with van der Waals surface area (Å²) in [5.41, 5.74) is 1.40. The number of aryl methyl sites for hydroxylation is 2.